The molecule has 0 nitrogen and oxygen atoms in total. The van der Waals surface area contributed by atoms with Gasteiger partial charge >= 0.3 is 0 Å². The van der Waals surface area contributed by atoms with Gasteiger partial charge in [-0.2, -0.15) is 0 Å². The maximum Gasteiger partial charge on any atom is 0.152 e. The molecule has 0 spiro atoms. The van der Waals surface area contributed by atoms with Crippen molar-refractivity contribution in [2.75, 3.05) is 5.75 Å². The van der Waals surface area contributed by atoms with Crippen molar-refractivity contribution in [2.24, 2.45) is 0 Å². The largest absolute Gasteiger partial charge is 0.152 e. The first-order valence-corrected chi connectivity index (χ1v) is 5.52. The molecule has 0 aliphatic heterocycles. The molecule has 1 rings (SSSR count). The highest BCUT2D eigenvalue weighted by molar-refractivity contribution is 7.78. The van der Waals surface area contributed by atoms with Crippen molar-refractivity contribution >= 4 is 11.8 Å². The molecule has 0 radical (unpaired) electrons. The standard InChI is InChI=1S/C12H14S/c1-2-3-4-8-11-13-12-9-6-5-7-10-12/h2-10H,11H2,1H3/p+1/b3-2-,8-4-. The Morgan fingerprint density at radius 1 is 1.15 bits per heavy atom. The fourth-order valence-electron chi connectivity index (χ4n) is 0.942. The van der Waals surface area contributed by atoms with Gasteiger partial charge in [0.25, 0.3) is 0 Å². The summed E-state index contributed by atoms with van der Waals surface area (Å²) in [7, 11) is 0. The Morgan fingerprint density at radius 3 is 2.62 bits per heavy atom. The van der Waals surface area contributed by atoms with Gasteiger partial charge < -0.3 is 0 Å². The van der Waals surface area contributed by atoms with Crippen molar-refractivity contribution in [2.45, 2.75) is 11.8 Å². The van der Waals surface area contributed by atoms with E-state index in [0.717, 1.165) is 5.75 Å². The summed E-state index contributed by atoms with van der Waals surface area (Å²) >= 11 is 1.37. The maximum absolute atomic E-state index is 2.19. The first-order chi connectivity index (χ1) is 6.43. The Morgan fingerprint density at radius 2 is 1.92 bits per heavy atom. The lowest BCUT2D eigenvalue weighted by Gasteiger charge is -1.86. The number of rotatable bonds is 4. The molecular formula is C12H15S+. The van der Waals surface area contributed by atoms with E-state index in [-0.39, 0.29) is 0 Å². The van der Waals surface area contributed by atoms with Crippen LogP contribution in [-0.4, -0.2) is 5.75 Å². The van der Waals surface area contributed by atoms with Crippen LogP contribution < -0.4 is 0 Å². The summed E-state index contributed by atoms with van der Waals surface area (Å²) in [6.07, 6.45) is 8.38. The zero-order valence-corrected chi connectivity index (χ0v) is 8.74. The molecule has 1 aromatic rings. The summed E-state index contributed by atoms with van der Waals surface area (Å²) in [6, 6.07) is 10.5. The molecule has 0 aliphatic rings. The number of allylic oxidation sites excluding steroid dienone is 3. The molecule has 1 aromatic carbocycles. The van der Waals surface area contributed by atoms with E-state index >= 15 is 0 Å². The van der Waals surface area contributed by atoms with Crippen molar-refractivity contribution in [1.29, 1.82) is 0 Å². The number of hydrogen-bond acceptors (Lipinski definition) is 0. The summed E-state index contributed by atoms with van der Waals surface area (Å²) in [5, 5.41) is 0. The van der Waals surface area contributed by atoms with Gasteiger partial charge in [-0.05, 0) is 25.1 Å². The minimum absolute atomic E-state index is 1.09. The van der Waals surface area contributed by atoms with Crippen LogP contribution in [0.4, 0.5) is 0 Å². The molecule has 0 bridgehead atoms. The molecule has 0 N–H and O–H groups in total. The van der Waals surface area contributed by atoms with Gasteiger partial charge in [-0.15, -0.1) is 0 Å². The van der Waals surface area contributed by atoms with E-state index in [1.54, 1.807) is 0 Å². The van der Waals surface area contributed by atoms with E-state index in [1.165, 1.54) is 16.7 Å². The smallest absolute Gasteiger partial charge is 0.0877 e. The highest BCUT2D eigenvalue weighted by atomic mass is 32.2. The molecule has 0 aromatic heterocycles. The van der Waals surface area contributed by atoms with Crippen molar-refractivity contribution in [1.82, 2.24) is 0 Å². The molecule has 0 fully saturated rings. The Hall–Kier alpha value is -0.950. The monoisotopic (exact) mass is 191 g/mol. The third kappa shape index (κ3) is 4.58. The molecular weight excluding hydrogens is 176 g/mol. The van der Waals surface area contributed by atoms with E-state index in [4.69, 9.17) is 0 Å². The molecule has 1 heteroatoms. The fourth-order valence-corrected chi connectivity index (χ4v) is 1.76. The molecule has 0 aliphatic carbocycles. The summed E-state index contributed by atoms with van der Waals surface area (Å²) in [4.78, 5) is 1.38. The summed E-state index contributed by atoms with van der Waals surface area (Å²) in [5.41, 5.74) is 0. The summed E-state index contributed by atoms with van der Waals surface area (Å²) < 4.78 is 0. The first kappa shape index (κ1) is 10.1. The molecule has 0 amide bonds. The van der Waals surface area contributed by atoms with Crippen LogP contribution in [0, 0.1) is 0 Å². The second-order valence-electron chi connectivity index (χ2n) is 2.63. The predicted octanol–water partition coefficient (Wildman–Crippen LogP) is 2.99. The Balaban J connectivity index is 2.28. The zero-order chi connectivity index (χ0) is 9.36. The number of benzene rings is 1. The normalized spacial score (nSPS) is 11.5. The molecule has 68 valence electrons. The van der Waals surface area contributed by atoms with E-state index in [2.05, 4.69) is 48.6 Å². The Bertz CT molecular complexity index is 272. The van der Waals surface area contributed by atoms with Gasteiger partial charge in [0.2, 0.25) is 0 Å². The minimum atomic E-state index is 1.09. The van der Waals surface area contributed by atoms with Crippen LogP contribution in [0.5, 0.6) is 0 Å². The van der Waals surface area contributed by atoms with Crippen LogP contribution in [0.15, 0.2) is 59.5 Å². The van der Waals surface area contributed by atoms with Crippen LogP contribution in [0.1, 0.15) is 6.92 Å². The van der Waals surface area contributed by atoms with E-state index < -0.39 is 0 Å². The van der Waals surface area contributed by atoms with Crippen LogP contribution in [0.3, 0.4) is 0 Å². The lowest BCUT2D eigenvalue weighted by Crippen LogP contribution is -1.84. The highest BCUT2D eigenvalue weighted by Crippen LogP contribution is 2.01. The fraction of sp³-hybridized carbons (Fsp3) is 0.167. The van der Waals surface area contributed by atoms with Crippen LogP contribution in [-0.2, 0) is 11.8 Å². The molecule has 0 unspecified atom stereocenters. The first-order valence-electron chi connectivity index (χ1n) is 4.44. The van der Waals surface area contributed by atoms with Gasteiger partial charge in [-0.1, -0.05) is 36.4 Å². The molecule has 0 heterocycles. The summed E-state index contributed by atoms with van der Waals surface area (Å²) in [6.45, 7) is 2.03. The average Bonchev–Trinajstić information content (AvgIpc) is 2.19. The second-order valence-corrected chi connectivity index (χ2v) is 3.83. The van der Waals surface area contributed by atoms with Crippen LogP contribution >= 0.6 is 0 Å². The van der Waals surface area contributed by atoms with E-state index in [9.17, 15) is 0 Å². The maximum atomic E-state index is 2.19. The Kier molecular flexibility index (Phi) is 5.11. The quantitative estimate of drug-likeness (QED) is 0.390. The summed E-state index contributed by atoms with van der Waals surface area (Å²) in [5.74, 6) is 1.09. The van der Waals surface area contributed by atoms with Crippen molar-refractivity contribution in [3.8, 4) is 0 Å². The average molecular weight is 191 g/mol. The minimum Gasteiger partial charge on any atom is -0.0877 e. The van der Waals surface area contributed by atoms with Crippen LogP contribution in [0.25, 0.3) is 0 Å². The van der Waals surface area contributed by atoms with Gasteiger partial charge in [0.15, 0.2) is 4.90 Å². The van der Waals surface area contributed by atoms with Gasteiger partial charge in [0.05, 0.1) is 0 Å². The van der Waals surface area contributed by atoms with Gasteiger partial charge in [-0.3, -0.25) is 0 Å². The van der Waals surface area contributed by atoms with Crippen molar-refractivity contribution < 1.29 is 0 Å². The van der Waals surface area contributed by atoms with Crippen LogP contribution in [0.2, 0.25) is 0 Å². The van der Waals surface area contributed by atoms with E-state index in [1.807, 2.05) is 13.0 Å². The zero-order valence-electron chi connectivity index (χ0n) is 7.85. The molecule has 0 atom stereocenters. The lowest BCUT2D eigenvalue weighted by atomic mass is 10.4. The molecule has 13 heavy (non-hydrogen) atoms. The van der Waals surface area contributed by atoms with E-state index in [0.29, 0.717) is 0 Å². The topological polar surface area (TPSA) is 0 Å². The molecule has 0 saturated heterocycles. The third-order valence-electron chi connectivity index (χ3n) is 1.58. The third-order valence-corrected chi connectivity index (χ3v) is 2.63. The lowest BCUT2D eigenvalue weighted by molar-refractivity contribution is 1.46. The number of thiol groups is 1. The second kappa shape index (κ2) is 6.55. The molecule has 0 saturated carbocycles. The Labute approximate surface area is 84.4 Å². The van der Waals surface area contributed by atoms with Gasteiger partial charge in [-0.25, -0.2) is 0 Å². The van der Waals surface area contributed by atoms with Crippen molar-refractivity contribution in [3.63, 3.8) is 0 Å². The highest BCUT2D eigenvalue weighted by Gasteiger charge is 1.96. The van der Waals surface area contributed by atoms with Crippen molar-refractivity contribution in [3.05, 3.63) is 54.6 Å². The SMILES string of the molecule is C/C=C\C=C/C[SH+]c1ccccc1. The van der Waals surface area contributed by atoms with Gasteiger partial charge in [0.1, 0.15) is 5.75 Å². The number of hydrogen-bond donors (Lipinski definition) is 0. The predicted molar refractivity (Wildman–Crippen MR) is 62.3 cm³/mol. The van der Waals surface area contributed by atoms with Gasteiger partial charge in [0, 0.05) is 11.8 Å².